The molecule has 3 aliphatic rings. The number of fused-ring (bicyclic) bond motifs is 5. The summed E-state index contributed by atoms with van der Waals surface area (Å²) in [5, 5.41) is 2.56. The van der Waals surface area contributed by atoms with E-state index in [1.807, 2.05) is 6.92 Å². The van der Waals surface area contributed by atoms with E-state index in [1.54, 1.807) is 0 Å². The molecule has 0 radical (unpaired) electrons. The Bertz CT molecular complexity index is 471. The second-order valence-corrected chi connectivity index (χ2v) is 5.61. The summed E-state index contributed by atoms with van der Waals surface area (Å²) in [6.07, 6.45) is 4.23. The number of methoxy groups -OCH3 is 1. The number of alkyl carbamates (subject to hydrolysis) is 1. The molecule has 3 amide bonds. The van der Waals surface area contributed by atoms with E-state index >= 15 is 0 Å². The lowest BCUT2D eigenvalue weighted by atomic mass is 9.85. The Kier molecular flexibility index (Phi) is 3.03. The van der Waals surface area contributed by atoms with Crippen molar-refractivity contribution in [1.82, 2.24) is 10.2 Å². The van der Waals surface area contributed by atoms with Crippen molar-refractivity contribution in [2.45, 2.75) is 25.9 Å². The number of allylic oxidation sites excluding steroid dienone is 2. The van der Waals surface area contributed by atoms with Crippen molar-refractivity contribution in [1.29, 1.82) is 0 Å². The molecule has 0 aromatic rings. The standard InChI is InChI=1S/C14H18N2O4/c1-3-9(15-14(19)20-2)16-12(17)10-7-4-5-8(6-7)11(10)13(16)18/h4-5,7-11H,3,6H2,1-2H3,(H,15,19)/t7-,8-,9-,10-,11+/m0/s1. The van der Waals surface area contributed by atoms with Crippen molar-refractivity contribution in [3.8, 4) is 0 Å². The molecule has 6 nitrogen and oxygen atoms in total. The quantitative estimate of drug-likeness (QED) is 0.614. The fourth-order valence-electron chi connectivity index (χ4n) is 3.78. The SMILES string of the molecule is CC[C@@H](NC(=O)OC)N1C(=O)[C@@H]2[C@H](C1=O)[C@H]1C=C[C@H]2C1. The van der Waals surface area contributed by atoms with E-state index in [0.29, 0.717) is 6.42 Å². The number of amides is 3. The van der Waals surface area contributed by atoms with Crippen molar-refractivity contribution < 1.29 is 19.1 Å². The van der Waals surface area contributed by atoms with E-state index in [9.17, 15) is 14.4 Å². The van der Waals surface area contributed by atoms with E-state index in [1.165, 1.54) is 12.0 Å². The molecule has 6 heteroatoms. The maximum atomic E-state index is 12.5. The molecule has 1 saturated carbocycles. The first-order valence-electron chi connectivity index (χ1n) is 6.98. The van der Waals surface area contributed by atoms with Crippen molar-refractivity contribution in [3.05, 3.63) is 12.2 Å². The summed E-state index contributed by atoms with van der Waals surface area (Å²) in [5.41, 5.74) is 0. The predicted octanol–water partition coefficient (Wildman–Crippen LogP) is 0.886. The Balaban J connectivity index is 1.83. The highest BCUT2D eigenvalue weighted by atomic mass is 16.5. The molecule has 3 rings (SSSR count). The van der Waals surface area contributed by atoms with Gasteiger partial charge in [-0.2, -0.15) is 0 Å². The van der Waals surface area contributed by atoms with Gasteiger partial charge in [-0.15, -0.1) is 0 Å². The number of nitrogens with zero attached hydrogens (tertiary/aromatic N) is 1. The van der Waals surface area contributed by atoms with Crippen LogP contribution < -0.4 is 5.32 Å². The molecule has 1 N–H and O–H groups in total. The zero-order chi connectivity index (χ0) is 14.4. The van der Waals surface area contributed by atoms with Gasteiger partial charge >= 0.3 is 6.09 Å². The highest BCUT2D eigenvalue weighted by Gasteiger charge is 2.60. The van der Waals surface area contributed by atoms with Crippen LogP contribution in [0.4, 0.5) is 4.79 Å². The smallest absolute Gasteiger partial charge is 0.408 e. The first kappa shape index (κ1) is 13.1. The largest absolute Gasteiger partial charge is 0.453 e. The molecule has 2 aliphatic carbocycles. The molecule has 2 fully saturated rings. The molecule has 1 aliphatic heterocycles. The van der Waals surface area contributed by atoms with E-state index in [0.717, 1.165) is 6.42 Å². The van der Waals surface area contributed by atoms with Gasteiger partial charge in [0.2, 0.25) is 11.8 Å². The van der Waals surface area contributed by atoms with Crippen LogP contribution in [-0.2, 0) is 14.3 Å². The molecule has 0 aromatic heterocycles. The minimum atomic E-state index is -0.629. The van der Waals surface area contributed by atoms with Crippen LogP contribution in [0.5, 0.6) is 0 Å². The Morgan fingerprint density at radius 2 is 1.90 bits per heavy atom. The van der Waals surface area contributed by atoms with Crippen LogP contribution >= 0.6 is 0 Å². The van der Waals surface area contributed by atoms with Crippen LogP contribution in [0.2, 0.25) is 0 Å². The molecule has 108 valence electrons. The normalized spacial score (nSPS) is 35.4. The maximum Gasteiger partial charge on any atom is 0.408 e. The summed E-state index contributed by atoms with van der Waals surface area (Å²) in [6.45, 7) is 1.82. The molecule has 0 spiro atoms. The summed E-state index contributed by atoms with van der Waals surface area (Å²) in [5.74, 6) is -0.402. The van der Waals surface area contributed by atoms with Gasteiger partial charge in [-0.25, -0.2) is 4.79 Å². The summed E-state index contributed by atoms with van der Waals surface area (Å²) in [6, 6.07) is 0. The Morgan fingerprint density at radius 1 is 1.35 bits per heavy atom. The van der Waals surface area contributed by atoms with Gasteiger partial charge in [0.1, 0.15) is 6.17 Å². The lowest BCUT2D eigenvalue weighted by Crippen LogP contribution is -2.51. The second kappa shape index (κ2) is 4.61. The zero-order valence-electron chi connectivity index (χ0n) is 11.5. The lowest BCUT2D eigenvalue weighted by molar-refractivity contribution is -0.144. The van der Waals surface area contributed by atoms with Crippen molar-refractivity contribution in [3.63, 3.8) is 0 Å². The average molecular weight is 278 g/mol. The number of carbonyl (C=O) groups excluding carboxylic acids is 3. The highest BCUT2D eigenvalue weighted by Crippen LogP contribution is 2.52. The number of nitrogens with one attached hydrogen (secondary N) is 1. The first-order chi connectivity index (χ1) is 9.58. The van der Waals surface area contributed by atoms with Crippen LogP contribution in [0.15, 0.2) is 12.2 Å². The Hall–Kier alpha value is -1.85. The molecule has 20 heavy (non-hydrogen) atoms. The molecule has 0 unspecified atom stereocenters. The summed E-state index contributed by atoms with van der Waals surface area (Å²) < 4.78 is 4.55. The fourth-order valence-corrected chi connectivity index (χ4v) is 3.78. The van der Waals surface area contributed by atoms with Crippen molar-refractivity contribution >= 4 is 17.9 Å². The fraction of sp³-hybridized carbons (Fsp3) is 0.643. The molecule has 0 aromatic carbocycles. The first-order valence-corrected chi connectivity index (χ1v) is 6.98. The molecule has 2 bridgehead atoms. The number of rotatable bonds is 3. The molecule has 1 saturated heterocycles. The van der Waals surface area contributed by atoms with Gasteiger partial charge in [0, 0.05) is 0 Å². The number of likely N-dealkylation sites (tertiary alicyclic amines) is 1. The van der Waals surface area contributed by atoms with Crippen LogP contribution in [0.3, 0.4) is 0 Å². The third kappa shape index (κ3) is 1.67. The van der Waals surface area contributed by atoms with Crippen LogP contribution in [0, 0.1) is 23.7 Å². The highest BCUT2D eigenvalue weighted by molar-refractivity contribution is 6.06. The van der Waals surface area contributed by atoms with E-state index in [-0.39, 0.29) is 35.5 Å². The molecular weight excluding hydrogens is 260 g/mol. The molecule has 1 heterocycles. The summed E-state index contributed by atoms with van der Waals surface area (Å²) in [7, 11) is 1.26. The number of carbonyl (C=O) groups is 3. The van der Waals surface area contributed by atoms with Crippen molar-refractivity contribution in [2.24, 2.45) is 23.7 Å². The summed E-state index contributed by atoms with van der Waals surface area (Å²) >= 11 is 0. The monoisotopic (exact) mass is 278 g/mol. The number of imide groups is 1. The Labute approximate surface area is 117 Å². The second-order valence-electron chi connectivity index (χ2n) is 5.61. The van der Waals surface area contributed by atoms with Crippen LogP contribution in [-0.4, -0.2) is 36.1 Å². The third-order valence-corrected chi connectivity index (χ3v) is 4.67. The van der Waals surface area contributed by atoms with Gasteiger partial charge in [-0.05, 0) is 24.7 Å². The van der Waals surface area contributed by atoms with Gasteiger partial charge in [0.15, 0.2) is 0 Å². The summed E-state index contributed by atoms with van der Waals surface area (Å²) in [4.78, 5) is 37.7. The molecular formula is C14H18N2O4. The number of hydrogen-bond acceptors (Lipinski definition) is 4. The van der Waals surface area contributed by atoms with Crippen LogP contribution in [0.1, 0.15) is 19.8 Å². The van der Waals surface area contributed by atoms with Gasteiger partial charge in [-0.3, -0.25) is 14.5 Å². The van der Waals surface area contributed by atoms with E-state index < -0.39 is 12.3 Å². The molecule has 5 atom stereocenters. The third-order valence-electron chi connectivity index (χ3n) is 4.67. The van der Waals surface area contributed by atoms with E-state index in [2.05, 4.69) is 22.2 Å². The minimum Gasteiger partial charge on any atom is -0.453 e. The lowest BCUT2D eigenvalue weighted by Gasteiger charge is -2.27. The van der Waals surface area contributed by atoms with Crippen molar-refractivity contribution in [2.75, 3.05) is 7.11 Å². The number of ether oxygens (including phenoxy) is 1. The Morgan fingerprint density at radius 3 is 2.35 bits per heavy atom. The zero-order valence-corrected chi connectivity index (χ0v) is 11.5. The van der Waals surface area contributed by atoms with Gasteiger partial charge in [0.05, 0.1) is 18.9 Å². The number of hydrogen-bond donors (Lipinski definition) is 1. The van der Waals surface area contributed by atoms with Gasteiger partial charge in [0.25, 0.3) is 0 Å². The van der Waals surface area contributed by atoms with Gasteiger partial charge < -0.3 is 10.1 Å². The minimum absolute atomic E-state index is 0.153. The topological polar surface area (TPSA) is 75.7 Å². The van der Waals surface area contributed by atoms with Crippen LogP contribution in [0.25, 0.3) is 0 Å². The predicted molar refractivity (Wildman–Crippen MR) is 69.2 cm³/mol. The maximum absolute atomic E-state index is 12.5. The average Bonchev–Trinajstić information content (AvgIpc) is 3.11. The van der Waals surface area contributed by atoms with E-state index in [4.69, 9.17) is 0 Å². The van der Waals surface area contributed by atoms with Gasteiger partial charge in [-0.1, -0.05) is 19.1 Å².